The molecule has 2 amide bonds. The van der Waals surface area contributed by atoms with E-state index in [0.717, 1.165) is 12.8 Å². The highest BCUT2D eigenvalue weighted by Crippen LogP contribution is 2.17. The lowest BCUT2D eigenvalue weighted by molar-refractivity contribution is -0.120. The number of pyridine rings is 1. The SMILES string of the molecule is CC(=O)NC1CCCN(C(=O)c2ccc(-c3ccco3)[nH]c2=O)C1. The molecule has 3 heterocycles. The first-order valence-corrected chi connectivity index (χ1v) is 7.88. The Balaban J connectivity index is 1.77. The number of nitrogens with zero attached hydrogens (tertiary/aromatic N) is 1. The van der Waals surface area contributed by atoms with Gasteiger partial charge in [0.2, 0.25) is 5.91 Å². The number of H-pyrrole nitrogens is 1. The normalized spacial score (nSPS) is 17.5. The minimum Gasteiger partial charge on any atom is -0.463 e. The Labute approximate surface area is 138 Å². The fourth-order valence-electron chi connectivity index (χ4n) is 2.95. The molecule has 0 radical (unpaired) electrons. The van der Waals surface area contributed by atoms with Crippen LogP contribution in [0.15, 0.2) is 39.7 Å². The summed E-state index contributed by atoms with van der Waals surface area (Å²) in [7, 11) is 0. The van der Waals surface area contributed by atoms with Crippen LogP contribution in [0, 0.1) is 0 Å². The standard InChI is InChI=1S/C17H19N3O4/c1-11(21)18-12-4-2-8-20(10-12)17(23)13-6-7-14(19-16(13)22)15-5-3-9-24-15/h3,5-7,9,12H,2,4,8,10H2,1H3,(H,18,21)(H,19,22). The van der Waals surface area contributed by atoms with E-state index in [1.165, 1.54) is 19.3 Å². The highest BCUT2D eigenvalue weighted by Gasteiger charge is 2.26. The smallest absolute Gasteiger partial charge is 0.261 e. The van der Waals surface area contributed by atoms with E-state index < -0.39 is 5.56 Å². The lowest BCUT2D eigenvalue weighted by atomic mass is 10.0. The number of hydrogen-bond donors (Lipinski definition) is 2. The summed E-state index contributed by atoms with van der Waals surface area (Å²) in [6.45, 7) is 2.45. The molecule has 1 fully saturated rings. The predicted octanol–water partition coefficient (Wildman–Crippen LogP) is 1.38. The van der Waals surface area contributed by atoms with Crippen LogP contribution in [-0.2, 0) is 4.79 Å². The van der Waals surface area contributed by atoms with Gasteiger partial charge in [0.05, 0.1) is 12.0 Å². The summed E-state index contributed by atoms with van der Waals surface area (Å²) >= 11 is 0. The highest BCUT2D eigenvalue weighted by atomic mass is 16.3. The third-order valence-corrected chi connectivity index (χ3v) is 4.04. The number of likely N-dealkylation sites (tertiary alicyclic amines) is 1. The molecule has 1 aliphatic heterocycles. The molecule has 2 N–H and O–H groups in total. The number of piperidine rings is 1. The molecule has 24 heavy (non-hydrogen) atoms. The summed E-state index contributed by atoms with van der Waals surface area (Å²) in [6, 6.07) is 6.56. The van der Waals surface area contributed by atoms with E-state index in [1.54, 1.807) is 23.1 Å². The Bertz CT molecular complexity index is 794. The van der Waals surface area contributed by atoms with Crippen molar-refractivity contribution in [1.29, 1.82) is 0 Å². The Kier molecular flexibility index (Phi) is 4.50. The van der Waals surface area contributed by atoms with Crippen LogP contribution in [0.25, 0.3) is 11.5 Å². The molecule has 0 aromatic carbocycles. The lowest BCUT2D eigenvalue weighted by Crippen LogP contribution is -2.49. The Morgan fingerprint density at radius 2 is 2.17 bits per heavy atom. The van der Waals surface area contributed by atoms with E-state index in [0.29, 0.717) is 24.5 Å². The van der Waals surface area contributed by atoms with Gasteiger partial charge in [-0.1, -0.05) is 0 Å². The molecule has 0 spiro atoms. The second kappa shape index (κ2) is 6.74. The second-order valence-electron chi connectivity index (χ2n) is 5.88. The molecule has 0 saturated carbocycles. The van der Waals surface area contributed by atoms with Crippen LogP contribution in [-0.4, -0.2) is 40.8 Å². The van der Waals surface area contributed by atoms with Gasteiger partial charge in [0, 0.05) is 26.1 Å². The molecule has 2 aromatic heterocycles. The summed E-state index contributed by atoms with van der Waals surface area (Å²) in [5.74, 6) is 0.0991. The minimum absolute atomic E-state index is 0.0679. The molecular formula is C17H19N3O4. The van der Waals surface area contributed by atoms with Gasteiger partial charge in [-0.25, -0.2) is 0 Å². The number of carbonyl (C=O) groups excluding carboxylic acids is 2. The van der Waals surface area contributed by atoms with Crippen molar-refractivity contribution in [3.8, 4) is 11.5 Å². The average Bonchev–Trinajstić information content (AvgIpc) is 3.08. The third kappa shape index (κ3) is 3.40. The van der Waals surface area contributed by atoms with Crippen molar-refractivity contribution in [2.75, 3.05) is 13.1 Å². The maximum absolute atomic E-state index is 12.6. The molecule has 7 heteroatoms. The molecule has 0 bridgehead atoms. The first-order valence-electron chi connectivity index (χ1n) is 7.88. The van der Waals surface area contributed by atoms with Crippen LogP contribution in [0.1, 0.15) is 30.1 Å². The van der Waals surface area contributed by atoms with E-state index in [9.17, 15) is 14.4 Å². The van der Waals surface area contributed by atoms with E-state index in [2.05, 4.69) is 10.3 Å². The fourth-order valence-corrected chi connectivity index (χ4v) is 2.95. The second-order valence-corrected chi connectivity index (χ2v) is 5.88. The van der Waals surface area contributed by atoms with Crippen molar-refractivity contribution >= 4 is 11.8 Å². The summed E-state index contributed by atoms with van der Waals surface area (Å²) in [5, 5.41) is 2.83. The van der Waals surface area contributed by atoms with Gasteiger partial charge in [0.25, 0.3) is 11.5 Å². The number of hydrogen-bond acceptors (Lipinski definition) is 4. The van der Waals surface area contributed by atoms with Crippen molar-refractivity contribution in [3.63, 3.8) is 0 Å². The van der Waals surface area contributed by atoms with E-state index in [4.69, 9.17) is 4.42 Å². The number of nitrogens with one attached hydrogen (secondary N) is 2. The number of furan rings is 1. The number of aromatic nitrogens is 1. The van der Waals surface area contributed by atoms with Crippen molar-refractivity contribution in [1.82, 2.24) is 15.2 Å². The van der Waals surface area contributed by atoms with Crippen LogP contribution in [0.5, 0.6) is 0 Å². The molecule has 1 saturated heterocycles. The molecule has 1 unspecified atom stereocenters. The van der Waals surface area contributed by atoms with Crippen molar-refractivity contribution in [3.05, 3.63) is 46.4 Å². The first-order chi connectivity index (χ1) is 11.5. The maximum atomic E-state index is 12.6. The fraction of sp³-hybridized carbons (Fsp3) is 0.353. The molecule has 3 rings (SSSR count). The van der Waals surface area contributed by atoms with E-state index in [1.807, 2.05) is 0 Å². The molecule has 2 aromatic rings. The Morgan fingerprint density at radius 1 is 1.33 bits per heavy atom. The zero-order valence-corrected chi connectivity index (χ0v) is 13.4. The monoisotopic (exact) mass is 329 g/mol. The quantitative estimate of drug-likeness (QED) is 0.889. The van der Waals surface area contributed by atoms with Gasteiger partial charge in [0.15, 0.2) is 0 Å². The molecule has 126 valence electrons. The summed E-state index contributed by atoms with van der Waals surface area (Å²) in [5.41, 5.74) is 0.167. The van der Waals surface area contributed by atoms with E-state index >= 15 is 0 Å². The van der Waals surface area contributed by atoms with Gasteiger partial charge >= 0.3 is 0 Å². The number of aromatic amines is 1. The molecular weight excluding hydrogens is 310 g/mol. The van der Waals surface area contributed by atoms with Gasteiger partial charge < -0.3 is 19.6 Å². The third-order valence-electron chi connectivity index (χ3n) is 4.04. The molecule has 0 aliphatic carbocycles. The number of amides is 2. The van der Waals surface area contributed by atoms with Crippen LogP contribution in [0.3, 0.4) is 0 Å². The van der Waals surface area contributed by atoms with Gasteiger partial charge in [0.1, 0.15) is 11.3 Å². The first kappa shape index (κ1) is 16.0. The highest BCUT2D eigenvalue weighted by molar-refractivity contribution is 5.94. The van der Waals surface area contributed by atoms with Gasteiger partial charge in [-0.3, -0.25) is 14.4 Å². The Hall–Kier alpha value is -2.83. The summed E-state index contributed by atoms with van der Waals surface area (Å²) in [4.78, 5) is 40.4. The predicted molar refractivity (Wildman–Crippen MR) is 87.5 cm³/mol. The van der Waals surface area contributed by atoms with Crippen LogP contribution in [0.4, 0.5) is 0 Å². The number of carbonyl (C=O) groups is 2. The summed E-state index contributed by atoms with van der Waals surface area (Å²) in [6.07, 6.45) is 3.14. The molecule has 1 aliphatic rings. The largest absolute Gasteiger partial charge is 0.463 e. The lowest BCUT2D eigenvalue weighted by Gasteiger charge is -2.32. The van der Waals surface area contributed by atoms with Crippen LogP contribution >= 0.6 is 0 Å². The van der Waals surface area contributed by atoms with Gasteiger partial charge in [-0.05, 0) is 37.1 Å². The molecule has 7 nitrogen and oxygen atoms in total. The van der Waals surface area contributed by atoms with Gasteiger partial charge in [-0.2, -0.15) is 0 Å². The van der Waals surface area contributed by atoms with Gasteiger partial charge in [-0.15, -0.1) is 0 Å². The zero-order chi connectivity index (χ0) is 17.1. The van der Waals surface area contributed by atoms with Crippen molar-refractivity contribution in [2.45, 2.75) is 25.8 Å². The molecule has 1 atom stereocenters. The van der Waals surface area contributed by atoms with E-state index in [-0.39, 0.29) is 23.4 Å². The summed E-state index contributed by atoms with van der Waals surface area (Å²) < 4.78 is 5.24. The minimum atomic E-state index is -0.449. The topological polar surface area (TPSA) is 95.4 Å². The maximum Gasteiger partial charge on any atom is 0.261 e. The Morgan fingerprint density at radius 3 is 2.83 bits per heavy atom. The van der Waals surface area contributed by atoms with Crippen molar-refractivity contribution < 1.29 is 14.0 Å². The van der Waals surface area contributed by atoms with Crippen molar-refractivity contribution in [2.24, 2.45) is 0 Å². The average molecular weight is 329 g/mol. The van der Waals surface area contributed by atoms with Crippen LogP contribution < -0.4 is 10.9 Å². The number of rotatable bonds is 3. The van der Waals surface area contributed by atoms with Crippen LogP contribution in [0.2, 0.25) is 0 Å². The zero-order valence-electron chi connectivity index (χ0n) is 13.4.